The maximum Gasteiger partial charge on any atom is -0.00579 e. The van der Waals surface area contributed by atoms with E-state index in [0.717, 1.165) is 6.42 Å². The predicted octanol–water partition coefficient (Wildman–Crippen LogP) is 5.59. The first kappa shape index (κ1) is 15.0. The van der Waals surface area contributed by atoms with Gasteiger partial charge in [0.1, 0.15) is 0 Å². The highest BCUT2D eigenvalue weighted by atomic mass is 14.2. The average Bonchev–Trinajstić information content (AvgIpc) is 2.59. The molecule has 0 radical (unpaired) electrons. The van der Waals surface area contributed by atoms with Crippen molar-refractivity contribution >= 4 is 0 Å². The predicted molar refractivity (Wildman–Crippen MR) is 75.6 cm³/mol. The molecular formula is C16H26. The standard InChI is InChI=1S/C14H20.C2H6/c1-5-8-12-10-11(4)14(9-6-2)13(12)7-3;1-2/h5,7-8H,3,6,9-10H2,1-2,4H3;1-2H3/b8-5-;. The van der Waals surface area contributed by atoms with Crippen molar-refractivity contribution in [1.29, 1.82) is 0 Å². The van der Waals surface area contributed by atoms with E-state index in [9.17, 15) is 0 Å². The third kappa shape index (κ3) is 3.52. The van der Waals surface area contributed by atoms with Gasteiger partial charge in [0.15, 0.2) is 0 Å². The zero-order valence-corrected chi connectivity index (χ0v) is 11.6. The largest absolute Gasteiger partial charge is 0.0984 e. The Bertz CT molecular complexity index is 311. The van der Waals surface area contributed by atoms with Gasteiger partial charge in [0.25, 0.3) is 0 Å². The van der Waals surface area contributed by atoms with Crippen molar-refractivity contribution in [2.75, 3.05) is 0 Å². The van der Waals surface area contributed by atoms with E-state index in [1.165, 1.54) is 35.1 Å². The minimum Gasteiger partial charge on any atom is -0.0984 e. The van der Waals surface area contributed by atoms with Crippen LogP contribution in [0, 0.1) is 0 Å². The molecule has 0 fully saturated rings. The van der Waals surface area contributed by atoms with Gasteiger partial charge >= 0.3 is 0 Å². The molecule has 1 aliphatic rings. The molecule has 0 saturated carbocycles. The molecule has 0 aromatic carbocycles. The van der Waals surface area contributed by atoms with E-state index in [-0.39, 0.29) is 0 Å². The van der Waals surface area contributed by atoms with E-state index in [0.29, 0.717) is 0 Å². The lowest BCUT2D eigenvalue weighted by atomic mass is 10.0. The molecule has 0 aliphatic heterocycles. The molecule has 0 nitrogen and oxygen atoms in total. The monoisotopic (exact) mass is 218 g/mol. The van der Waals surface area contributed by atoms with Gasteiger partial charge < -0.3 is 0 Å². The van der Waals surface area contributed by atoms with Crippen molar-refractivity contribution < 1.29 is 0 Å². The van der Waals surface area contributed by atoms with Crippen LogP contribution < -0.4 is 0 Å². The van der Waals surface area contributed by atoms with Crippen molar-refractivity contribution in [3.8, 4) is 0 Å². The second-order valence-corrected chi connectivity index (χ2v) is 3.83. The highest BCUT2D eigenvalue weighted by Gasteiger charge is 2.16. The number of allylic oxidation sites excluding steroid dienone is 7. The molecule has 0 amide bonds. The summed E-state index contributed by atoms with van der Waals surface area (Å²) in [6.45, 7) is 14.5. The summed E-state index contributed by atoms with van der Waals surface area (Å²) in [6.07, 6.45) is 9.85. The highest BCUT2D eigenvalue weighted by Crippen LogP contribution is 2.35. The molecule has 0 atom stereocenters. The van der Waals surface area contributed by atoms with Gasteiger partial charge in [-0.05, 0) is 43.4 Å². The smallest absolute Gasteiger partial charge is 0.00579 e. The van der Waals surface area contributed by atoms with Crippen molar-refractivity contribution in [2.24, 2.45) is 0 Å². The summed E-state index contributed by atoms with van der Waals surface area (Å²) in [5, 5.41) is 0. The van der Waals surface area contributed by atoms with Crippen LogP contribution in [0.25, 0.3) is 0 Å². The maximum absolute atomic E-state index is 3.92. The highest BCUT2D eigenvalue weighted by molar-refractivity contribution is 5.55. The number of hydrogen-bond acceptors (Lipinski definition) is 0. The van der Waals surface area contributed by atoms with Crippen LogP contribution in [-0.2, 0) is 0 Å². The van der Waals surface area contributed by atoms with Crippen LogP contribution in [0.5, 0.6) is 0 Å². The van der Waals surface area contributed by atoms with Crippen molar-refractivity contribution in [3.05, 3.63) is 47.1 Å². The van der Waals surface area contributed by atoms with Gasteiger partial charge in [-0.2, -0.15) is 0 Å². The Balaban J connectivity index is 0.00000106. The zero-order chi connectivity index (χ0) is 12.6. The third-order valence-electron chi connectivity index (χ3n) is 2.71. The molecule has 0 saturated heterocycles. The summed E-state index contributed by atoms with van der Waals surface area (Å²) in [5.41, 5.74) is 5.86. The normalized spacial score (nSPS) is 15.6. The maximum atomic E-state index is 3.92. The topological polar surface area (TPSA) is 0 Å². The molecule has 0 aromatic rings. The lowest BCUT2D eigenvalue weighted by Gasteiger charge is -2.04. The molecule has 1 rings (SSSR count). The first-order valence-corrected chi connectivity index (χ1v) is 6.41. The fourth-order valence-electron chi connectivity index (χ4n) is 2.11. The summed E-state index contributed by atoms with van der Waals surface area (Å²) >= 11 is 0. The Morgan fingerprint density at radius 1 is 1.31 bits per heavy atom. The molecule has 1 aliphatic carbocycles. The molecule has 0 bridgehead atoms. The first-order chi connectivity index (χ1) is 7.74. The lowest BCUT2D eigenvalue weighted by Crippen LogP contribution is -1.85. The SMILES string of the molecule is C=CC1=C(/C=C\C)CC(C)=C1CCC.CC. The molecule has 0 N–H and O–H groups in total. The van der Waals surface area contributed by atoms with Crippen molar-refractivity contribution in [1.82, 2.24) is 0 Å². The van der Waals surface area contributed by atoms with Crippen molar-refractivity contribution in [2.45, 2.75) is 53.9 Å². The lowest BCUT2D eigenvalue weighted by molar-refractivity contribution is 0.909. The molecule has 90 valence electrons. The summed E-state index contributed by atoms with van der Waals surface area (Å²) in [6, 6.07) is 0. The van der Waals surface area contributed by atoms with Crippen LogP contribution in [0.1, 0.15) is 53.9 Å². The second kappa shape index (κ2) is 8.15. The van der Waals surface area contributed by atoms with E-state index in [1.54, 1.807) is 0 Å². The van der Waals surface area contributed by atoms with Gasteiger partial charge in [-0.15, -0.1) is 0 Å². The first-order valence-electron chi connectivity index (χ1n) is 6.41. The quantitative estimate of drug-likeness (QED) is 0.577. The summed E-state index contributed by atoms with van der Waals surface area (Å²) in [4.78, 5) is 0. The van der Waals surface area contributed by atoms with E-state index < -0.39 is 0 Å². The molecule has 0 aromatic heterocycles. The van der Waals surface area contributed by atoms with Gasteiger partial charge in [-0.3, -0.25) is 0 Å². The number of hydrogen-bond donors (Lipinski definition) is 0. The van der Waals surface area contributed by atoms with Gasteiger partial charge in [0, 0.05) is 0 Å². The summed E-state index contributed by atoms with van der Waals surface area (Å²) < 4.78 is 0. The molecule has 0 heterocycles. The Hall–Kier alpha value is -1.04. The Labute approximate surface area is 101 Å². The minimum atomic E-state index is 1.11. The van der Waals surface area contributed by atoms with Gasteiger partial charge in [0.2, 0.25) is 0 Å². The minimum absolute atomic E-state index is 1.11. The Kier molecular flexibility index (Phi) is 7.62. The van der Waals surface area contributed by atoms with E-state index >= 15 is 0 Å². The van der Waals surface area contributed by atoms with Crippen LogP contribution in [0.4, 0.5) is 0 Å². The Morgan fingerprint density at radius 3 is 2.38 bits per heavy atom. The fraction of sp³-hybridized carbons (Fsp3) is 0.500. The van der Waals surface area contributed by atoms with Gasteiger partial charge in [-0.1, -0.05) is 57.6 Å². The van der Waals surface area contributed by atoms with Crippen LogP contribution in [-0.4, -0.2) is 0 Å². The summed E-state index contributed by atoms with van der Waals surface area (Å²) in [5.74, 6) is 0. The van der Waals surface area contributed by atoms with E-state index in [1.807, 2.05) is 19.9 Å². The van der Waals surface area contributed by atoms with Crippen LogP contribution in [0.15, 0.2) is 47.1 Å². The van der Waals surface area contributed by atoms with Gasteiger partial charge in [0.05, 0.1) is 0 Å². The number of rotatable bonds is 4. The molecule has 0 unspecified atom stereocenters. The fourth-order valence-corrected chi connectivity index (χ4v) is 2.11. The molecule has 0 spiro atoms. The molecule has 16 heavy (non-hydrogen) atoms. The van der Waals surface area contributed by atoms with Crippen LogP contribution in [0.2, 0.25) is 0 Å². The van der Waals surface area contributed by atoms with Crippen LogP contribution in [0.3, 0.4) is 0 Å². The average molecular weight is 218 g/mol. The van der Waals surface area contributed by atoms with Gasteiger partial charge in [-0.25, -0.2) is 0 Å². The molecule has 0 heteroatoms. The van der Waals surface area contributed by atoms with E-state index in [4.69, 9.17) is 0 Å². The Morgan fingerprint density at radius 2 is 1.94 bits per heavy atom. The van der Waals surface area contributed by atoms with Crippen LogP contribution >= 0.6 is 0 Å². The third-order valence-corrected chi connectivity index (χ3v) is 2.71. The zero-order valence-electron chi connectivity index (χ0n) is 11.6. The molecular weight excluding hydrogens is 192 g/mol. The van der Waals surface area contributed by atoms with Crippen molar-refractivity contribution in [3.63, 3.8) is 0 Å². The van der Waals surface area contributed by atoms with E-state index in [2.05, 4.69) is 39.5 Å². The second-order valence-electron chi connectivity index (χ2n) is 3.83. The summed E-state index contributed by atoms with van der Waals surface area (Å²) in [7, 11) is 0.